The summed E-state index contributed by atoms with van der Waals surface area (Å²) in [5.41, 5.74) is 7.41. The number of rotatable bonds is 8. The SMILES string of the molecule is CC(NC(=O)[C@@H]1C[C@H](c2ccccn2)CN1C(=O)CNC(=O)c1ccc2c(c1)-c1ccccc1C2(F)F)c1cc(C(=N)N)cs1. The zero-order valence-electron chi connectivity index (χ0n) is 24.2. The number of nitrogens with zero attached hydrogens (tertiary/aromatic N) is 2. The summed E-state index contributed by atoms with van der Waals surface area (Å²) in [6.07, 6.45) is 2.00. The summed E-state index contributed by atoms with van der Waals surface area (Å²) in [5.74, 6) is -4.82. The third kappa shape index (κ3) is 5.68. The van der Waals surface area contributed by atoms with Crippen molar-refractivity contribution in [1.82, 2.24) is 20.5 Å². The first-order valence-electron chi connectivity index (χ1n) is 14.4. The lowest BCUT2D eigenvalue weighted by Gasteiger charge is -2.25. The molecule has 230 valence electrons. The fraction of sp³-hybridized carbons (Fsp3) is 0.242. The van der Waals surface area contributed by atoms with Gasteiger partial charge in [-0.1, -0.05) is 36.4 Å². The molecular formula is C33H30F2N6O3S. The van der Waals surface area contributed by atoms with Gasteiger partial charge in [-0.25, -0.2) is 0 Å². The maximum atomic E-state index is 15.0. The number of hydrogen-bond acceptors (Lipinski definition) is 6. The first kappa shape index (κ1) is 30.1. The van der Waals surface area contributed by atoms with Crippen LogP contribution in [0.2, 0.25) is 0 Å². The Hall–Kier alpha value is -4.97. The smallest absolute Gasteiger partial charge is 0.299 e. The number of pyridine rings is 1. The molecule has 2 aromatic carbocycles. The normalized spacial score (nSPS) is 18.5. The van der Waals surface area contributed by atoms with E-state index in [0.717, 1.165) is 10.6 Å². The highest BCUT2D eigenvalue weighted by molar-refractivity contribution is 7.10. The van der Waals surface area contributed by atoms with E-state index in [0.29, 0.717) is 17.5 Å². The number of halogens is 2. The van der Waals surface area contributed by atoms with Crippen molar-refractivity contribution in [3.63, 3.8) is 0 Å². The van der Waals surface area contributed by atoms with Crippen molar-refractivity contribution in [2.75, 3.05) is 13.1 Å². The lowest BCUT2D eigenvalue weighted by Crippen LogP contribution is -2.49. The number of carbonyl (C=O) groups excluding carboxylic acids is 3. The molecule has 1 saturated heterocycles. The second kappa shape index (κ2) is 11.8. The van der Waals surface area contributed by atoms with Gasteiger partial charge in [0.15, 0.2) is 0 Å². The molecule has 1 aliphatic heterocycles. The van der Waals surface area contributed by atoms with E-state index >= 15 is 0 Å². The highest BCUT2D eigenvalue weighted by Crippen LogP contribution is 2.50. The van der Waals surface area contributed by atoms with Crippen LogP contribution in [0.1, 0.15) is 62.9 Å². The van der Waals surface area contributed by atoms with Crippen molar-refractivity contribution >= 4 is 34.9 Å². The number of aromatic nitrogens is 1. The molecule has 0 spiro atoms. The molecule has 12 heteroatoms. The van der Waals surface area contributed by atoms with Crippen LogP contribution in [0.4, 0.5) is 8.78 Å². The number of nitrogens with one attached hydrogen (secondary N) is 3. The third-order valence-electron chi connectivity index (χ3n) is 8.32. The maximum absolute atomic E-state index is 15.0. The Labute approximate surface area is 262 Å². The zero-order valence-corrected chi connectivity index (χ0v) is 25.0. The number of likely N-dealkylation sites (tertiary alicyclic amines) is 1. The Morgan fingerprint density at radius 3 is 2.56 bits per heavy atom. The van der Waals surface area contributed by atoms with Gasteiger partial charge < -0.3 is 21.3 Å². The number of amides is 3. The average Bonchev–Trinajstić information content (AvgIpc) is 3.77. The van der Waals surface area contributed by atoms with Crippen molar-refractivity contribution in [2.24, 2.45) is 5.73 Å². The highest BCUT2D eigenvalue weighted by Gasteiger charge is 2.44. The van der Waals surface area contributed by atoms with Gasteiger partial charge in [-0.15, -0.1) is 11.3 Å². The number of nitrogen functional groups attached to an aromatic ring is 1. The fourth-order valence-corrected chi connectivity index (χ4v) is 6.89. The van der Waals surface area contributed by atoms with Gasteiger partial charge in [-0.3, -0.25) is 24.8 Å². The number of hydrogen-bond donors (Lipinski definition) is 4. The summed E-state index contributed by atoms with van der Waals surface area (Å²) < 4.78 is 29.9. The second-order valence-corrected chi connectivity index (χ2v) is 12.1. The molecule has 3 heterocycles. The number of nitrogens with two attached hydrogens (primary N) is 1. The Kier molecular flexibility index (Phi) is 7.92. The quantitative estimate of drug-likeness (QED) is 0.168. The molecule has 5 N–H and O–H groups in total. The van der Waals surface area contributed by atoms with Crippen molar-refractivity contribution < 1.29 is 23.2 Å². The minimum absolute atomic E-state index is 0.0634. The number of alkyl halides is 2. The second-order valence-electron chi connectivity index (χ2n) is 11.2. The first-order chi connectivity index (χ1) is 21.5. The van der Waals surface area contributed by atoms with E-state index in [-0.39, 0.29) is 53.0 Å². The van der Waals surface area contributed by atoms with E-state index in [1.54, 1.807) is 41.9 Å². The molecule has 9 nitrogen and oxygen atoms in total. The third-order valence-corrected chi connectivity index (χ3v) is 9.44. The molecule has 0 saturated carbocycles. The first-order valence-corrected chi connectivity index (χ1v) is 15.3. The van der Waals surface area contributed by atoms with Crippen molar-refractivity contribution in [3.8, 4) is 11.1 Å². The van der Waals surface area contributed by atoms with Crippen LogP contribution < -0.4 is 16.4 Å². The van der Waals surface area contributed by atoms with Crippen LogP contribution in [0.5, 0.6) is 0 Å². The maximum Gasteiger partial charge on any atom is 0.299 e. The number of fused-ring (bicyclic) bond motifs is 3. The summed E-state index contributed by atoms with van der Waals surface area (Å²) in [6, 6.07) is 16.2. The van der Waals surface area contributed by atoms with Gasteiger partial charge in [0, 0.05) is 56.9 Å². The molecule has 1 fully saturated rings. The molecular weight excluding hydrogens is 598 g/mol. The number of carbonyl (C=O) groups is 3. The predicted octanol–water partition coefficient (Wildman–Crippen LogP) is 4.54. The Balaban J connectivity index is 1.17. The van der Waals surface area contributed by atoms with Crippen LogP contribution in [-0.4, -0.2) is 52.6 Å². The number of benzene rings is 2. The van der Waals surface area contributed by atoms with Crippen molar-refractivity contribution in [1.29, 1.82) is 5.41 Å². The van der Waals surface area contributed by atoms with Crippen LogP contribution in [0.15, 0.2) is 78.3 Å². The van der Waals surface area contributed by atoms with Gasteiger partial charge >= 0.3 is 0 Å². The van der Waals surface area contributed by atoms with Crippen LogP contribution >= 0.6 is 11.3 Å². The van der Waals surface area contributed by atoms with E-state index in [4.69, 9.17) is 11.1 Å². The minimum Gasteiger partial charge on any atom is -0.384 e. The minimum atomic E-state index is -3.16. The summed E-state index contributed by atoms with van der Waals surface area (Å²) >= 11 is 1.37. The van der Waals surface area contributed by atoms with E-state index in [9.17, 15) is 23.2 Å². The zero-order chi connectivity index (χ0) is 31.9. The van der Waals surface area contributed by atoms with Gasteiger partial charge in [0.1, 0.15) is 11.9 Å². The van der Waals surface area contributed by atoms with Gasteiger partial charge in [0.05, 0.1) is 12.6 Å². The van der Waals surface area contributed by atoms with Crippen LogP contribution in [-0.2, 0) is 15.5 Å². The monoisotopic (exact) mass is 628 g/mol. The molecule has 3 amide bonds. The van der Waals surface area contributed by atoms with E-state index in [2.05, 4.69) is 15.6 Å². The molecule has 45 heavy (non-hydrogen) atoms. The summed E-state index contributed by atoms with van der Waals surface area (Å²) in [4.78, 5) is 46.9. The van der Waals surface area contributed by atoms with E-state index in [1.807, 2.05) is 19.1 Å². The Morgan fingerprint density at radius 1 is 1.07 bits per heavy atom. The largest absolute Gasteiger partial charge is 0.384 e. The van der Waals surface area contributed by atoms with Crippen LogP contribution in [0, 0.1) is 5.41 Å². The van der Waals surface area contributed by atoms with Gasteiger partial charge in [0.25, 0.3) is 11.8 Å². The molecule has 1 aliphatic carbocycles. The summed E-state index contributed by atoms with van der Waals surface area (Å²) in [7, 11) is 0. The molecule has 4 aromatic rings. The fourth-order valence-electron chi connectivity index (χ4n) is 5.97. The lowest BCUT2D eigenvalue weighted by molar-refractivity contribution is -0.137. The highest BCUT2D eigenvalue weighted by atomic mass is 32.1. The number of thiophene rings is 1. The molecule has 2 aromatic heterocycles. The average molecular weight is 629 g/mol. The van der Waals surface area contributed by atoms with Crippen molar-refractivity contribution in [2.45, 2.75) is 37.3 Å². The molecule has 1 unspecified atom stereocenters. The van der Waals surface area contributed by atoms with Gasteiger partial charge in [-0.05, 0) is 54.8 Å². The Bertz CT molecular complexity index is 1810. The summed E-state index contributed by atoms with van der Waals surface area (Å²) in [6.45, 7) is 1.66. The van der Waals surface area contributed by atoms with E-state index < -0.39 is 29.8 Å². The standard InChI is InChI=1S/C33H30F2N6O3S/c1-18(28-14-21(17-45-28)30(36)37)40-32(44)27-13-20(26-8-4-5-11-38-26)16-41(27)29(42)15-39-31(43)19-9-10-25-23(12-19)22-6-2-3-7-24(22)33(25,34)35/h2-12,14,17-18,20,27H,13,15-16H2,1H3,(H3,36,37)(H,39,43)(H,40,44)/t18?,20-,27-/m0/s1. The number of amidine groups is 1. The van der Waals surface area contributed by atoms with Crippen molar-refractivity contribution in [3.05, 3.63) is 111 Å². The van der Waals surface area contributed by atoms with Crippen LogP contribution in [0.3, 0.4) is 0 Å². The van der Waals surface area contributed by atoms with E-state index in [1.165, 1.54) is 40.5 Å². The molecule has 0 radical (unpaired) electrons. The van der Waals surface area contributed by atoms with Gasteiger partial charge in [0.2, 0.25) is 11.8 Å². The lowest BCUT2D eigenvalue weighted by atomic mass is 10.0. The van der Waals surface area contributed by atoms with Crippen LogP contribution in [0.25, 0.3) is 11.1 Å². The molecule has 3 atom stereocenters. The molecule has 2 aliphatic rings. The molecule has 6 rings (SSSR count). The molecule has 0 bridgehead atoms. The van der Waals surface area contributed by atoms with Gasteiger partial charge in [-0.2, -0.15) is 8.78 Å². The topological polar surface area (TPSA) is 141 Å². The Morgan fingerprint density at radius 2 is 1.82 bits per heavy atom. The predicted molar refractivity (Wildman–Crippen MR) is 166 cm³/mol. The summed E-state index contributed by atoms with van der Waals surface area (Å²) in [5, 5.41) is 15.0.